The third-order valence-corrected chi connectivity index (χ3v) is 1.75. The molecule has 0 fully saturated rings. The van der Waals surface area contributed by atoms with Crippen LogP contribution in [0, 0.1) is 5.92 Å². The Morgan fingerprint density at radius 1 is 1.45 bits per heavy atom. The van der Waals surface area contributed by atoms with E-state index in [1.54, 1.807) is 0 Å². The second-order valence-corrected chi connectivity index (χ2v) is 2.59. The van der Waals surface area contributed by atoms with E-state index in [4.69, 9.17) is 5.11 Å². The summed E-state index contributed by atoms with van der Waals surface area (Å²) in [5, 5.41) is 8.60. The Bertz CT molecular complexity index is 104. The number of hydrogen-bond acceptors (Lipinski definition) is 1. The molecular formula is C8H16BO2. The summed E-state index contributed by atoms with van der Waals surface area (Å²) < 4.78 is 0. The van der Waals surface area contributed by atoms with Crippen molar-refractivity contribution in [3.63, 3.8) is 0 Å². The maximum absolute atomic E-state index is 10.4. The molecule has 1 N–H and O–H groups in total. The molecule has 0 aliphatic heterocycles. The van der Waals surface area contributed by atoms with Gasteiger partial charge in [-0.15, -0.1) is 0 Å². The summed E-state index contributed by atoms with van der Waals surface area (Å²) in [4.78, 5) is 10.4. The van der Waals surface area contributed by atoms with Gasteiger partial charge in [-0.2, -0.15) is 0 Å². The van der Waals surface area contributed by atoms with Gasteiger partial charge < -0.3 is 5.11 Å². The molecule has 0 amide bonds. The van der Waals surface area contributed by atoms with Gasteiger partial charge in [-0.3, -0.25) is 4.79 Å². The predicted molar refractivity (Wildman–Crippen MR) is 46.7 cm³/mol. The lowest BCUT2D eigenvalue weighted by Gasteiger charge is -2.06. The molecule has 0 aromatic heterocycles. The normalized spacial score (nSPS) is 11.8. The van der Waals surface area contributed by atoms with Crippen LogP contribution in [-0.2, 0) is 4.79 Å². The second-order valence-electron chi connectivity index (χ2n) is 2.59. The maximum Gasteiger partial charge on any atom is 0.306 e. The Morgan fingerprint density at radius 2 is 2.00 bits per heavy atom. The van der Waals surface area contributed by atoms with Crippen molar-refractivity contribution in [3.05, 3.63) is 0 Å². The minimum absolute atomic E-state index is 0. The van der Waals surface area contributed by atoms with Crippen LogP contribution >= 0.6 is 0 Å². The summed E-state index contributed by atoms with van der Waals surface area (Å²) in [5.41, 5.74) is 0. The molecule has 0 rings (SSSR count). The van der Waals surface area contributed by atoms with Gasteiger partial charge in [0.15, 0.2) is 0 Å². The lowest BCUT2D eigenvalue weighted by Crippen LogP contribution is -2.11. The number of unbranched alkanes of at least 4 members (excludes halogenated alkanes) is 1. The van der Waals surface area contributed by atoms with E-state index in [9.17, 15) is 4.79 Å². The molecule has 1 unspecified atom stereocenters. The molecule has 0 bridgehead atoms. The molecule has 11 heavy (non-hydrogen) atoms. The average Bonchev–Trinajstić information content (AvgIpc) is 1.89. The second kappa shape index (κ2) is 7.64. The van der Waals surface area contributed by atoms with E-state index in [2.05, 4.69) is 6.92 Å². The number of carboxylic acid groups (broad SMARTS) is 1. The van der Waals surface area contributed by atoms with Gasteiger partial charge in [-0.1, -0.05) is 26.7 Å². The van der Waals surface area contributed by atoms with Crippen LogP contribution < -0.4 is 0 Å². The summed E-state index contributed by atoms with van der Waals surface area (Å²) in [6.45, 7) is 4.00. The van der Waals surface area contributed by atoms with Crippen LogP contribution in [-0.4, -0.2) is 19.5 Å². The van der Waals surface area contributed by atoms with Gasteiger partial charge in [-0.25, -0.2) is 0 Å². The minimum atomic E-state index is -0.643. The Labute approximate surface area is 70.6 Å². The van der Waals surface area contributed by atoms with Crippen LogP contribution in [0.25, 0.3) is 0 Å². The quantitative estimate of drug-likeness (QED) is 0.615. The zero-order valence-corrected chi connectivity index (χ0v) is 7.34. The van der Waals surface area contributed by atoms with Crippen molar-refractivity contribution in [2.45, 2.75) is 39.5 Å². The van der Waals surface area contributed by atoms with Crippen LogP contribution in [0.3, 0.4) is 0 Å². The van der Waals surface area contributed by atoms with Crippen molar-refractivity contribution in [1.82, 2.24) is 0 Å². The van der Waals surface area contributed by atoms with Gasteiger partial charge in [0.05, 0.1) is 5.92 Å². The van der Waals surface area contributed by atoms with E-state index < -0.39 is 5.97 Å². The highest BCUT2D eigenvalue weighted by Gasteiger charge is 2.12. The lowest BCUT2D eigenvalue weighted by atomic mass is 10.00. The average molecular weight is 155 g/mol. The number of carbonyl (C=O) groups is 1. The van der Waals surface area contributed by atoms with E-state index in [1.165, 1.54) is 0 Å². The first-order valence-corrected chi connectivity index (χ1v) is 3.95. The molecule has 3 heteroatoms. The molecule has 0 aromatic carbocycles. The fourth-order valence-electron chi connectivity index (χ4n) is 0.953. The van der Waals surface area contributed by atoms with Gasteiger partial charge in [0, 0.05) is 8.41 Å². The Hall–Kier alpha value is -0.465. The van der Waals surface area contributed by atoms with Gasteiger partial charge in [-0.05, 0) is 12.8 Å². The third-order valence-electron chi connectivity index (χ3n) is 1.75. The van der Waals surface area contributed by atoms with E-state index >= 15 is 0 Å². The number of hydrogen-bond donors (Lipinski definition) is 1. The summed E-state index contributed by atoms with van der Waals surface area (Å²) in [6.07, 6.45) is 3.71. The largest absolute Gasteiger partial charge is 0.481 e. The molecule has 1 atom stereocenters. The molecule has 0 aliphatic rings. The van der Waals surface area contributed by atoms with Gasteiger partial charge >= 0.3 is 5.97 Å². The van der Waals surface area contributed by atoms with E-state index in [0.717, 1.165) is 25.7 Å². The molecule has 2 nitrogen and oxygen atoms in total. The van der Waals surface area contributed by atoms with Crippen LogP contribution in [0.2, 0.25) is 0 Å². The number of rotatable bonds is 5. The highest BCUT2D eigenvalue weighted by atomic mass is 16.4. The molecule has 0 saturated carbocycles. The zero-order valence-electron chi connectivity index (χ0n) is 7.34. The van der Waals surface area contributed by atoms with Crippen LogP contribution in [0.4, 0.5) is 0 Å². The van der Waals surface area contributed by atoms with Crippen molar-refractivity contribution in [2.24, 2.45) is 5.92 Å². The number of carboxylic acids is 1. The number of aliphatic carboxylic acids is 1. The maximum atomic E-state index is 10.4. The molecule has 0 spiro atoms. The van der Waals surface area contributed by atoms with Gasteiger partial charge in [0.25, 0.3) is 0 Å². The topological polar surface area (TPSA) is 37.3 Å². The Morgan fingerprint density at radius 3 is 2.27 bits per heavy atom. The standard InChI is InChI=1S/C8H16O2.B/c1-3-5-6-7(4-2)8(9)10;/h7H,3-6H2,1-2H3,(H,9,10);. The minimum Gasteiger partial charge on any atom is -0.481 e. The first-order valence-electron chi connectivity index (χ1n) is 3.95. The summed E-state index contributed by atoms with van der Waals surface area (Å²) in [7, 11) is 0. The summed E-state index contributed by atoms with van der Waals surface area (Å²) >= 11 is 0. The monoisotopic (exact) mass is 155 g/mol. The molecule has 0 saturated heterocycles. The fraction of sp³-hybridized carbons (Fsp3) is 0.875. The molecule has 0 aromatic rings. The van der Waals surface area contributed by atoms with Crippen molar-refractivity contribution in [2.75, 3.05) is 0 Å². The molecular weight excluding hydrogens is 139 g/mol. The molecule has 3 radical (unpaired) electrons. The Balaban J connectivity index is 0. The van der Waals surface area contributed by atoms with Crippen LogP contribution in [0.1, 0.15) is 39.5 Å². The third kappa shape index (κ3) is 5.95. The van der Waals surface area contributed by atoms with Crippen molar-refractivity contribution in [1.29, 1.82) is 0 Å². The fourth-order valence-corrected chi connectivity index (χ4v) is 0.953. The van der Waals surface area contributed by atoms with E-state index in [-0.39, 0.29) is 14.3 Å². The molecule has 0 heterocycles. The lowest BCUT2D eigenvalue weighted by molar-refractivity contribution is -0.142. The van der Waals surface area contributed by atoms with Crippen molar-refractivity contribution < 1.29 is 9.90 Å². The predicted octanol–water partition coefficient (Wildman–Crippen LogP) is 1.91. The Kier molecular flexibility index (Phi) is 9.13. The highest BCUT2D eigenvalue weighted by molar-refractivity contribution is 5.75. The smallest absolute Gasteiger partial charge is 0.306 e. The zero-order chi connectivity index (χ0) is 7.98. The first-order chi connectivity index (χ1) is 4.72. The first kappa shape index (κ1) is 13.1. The van der Waals surface area contributed by atoms with Gasteiger partial charge in [0.1, 0.15) is 0 Å². The van der Waals surface area contributed by atoms with Gasteiger partial charge in [0.2, 0.25) is 0 Å². The SMILES string of the molecule is CCCCC(CC)C(=O)O.[B]. The molecule has 0 aliphatic carbocycles. The summed E-state index contributed by atoms with van der Waals surface area (Å²) in [6, 6.07) is 0. The highest BCUT2D eigenvalue weighted by Crippen LogP contribution is 2.11. The van der Waals surface area contributed by atoms with Crippen LogP contribution in [0.5, 0.6) is 0 Å². The van der Waals surface area contributed by atoms with E-state index in [0.29, 0.717) is 0 Å². The van der Waals surface area contributed by atoms with Crippen molar-refractivity contribution >= 4 is 14.4 Å². The summed E-state index contributed by atoms with van der Waals surface area (Å²) in [5.74, 6) is -0.754. The van der Waals surface area contributed by atoms with Crippen LogP contribution in [0.15, 0.2) is 0 Å². The van der Waals surface area contributed by atoms with E-state index in [1.807, 2.05) is 6.92 Å². The molecule has 63 valence electrons. The van der Waals surface area contributed by atoms with Crippen molar-refractivity contribution in [3.8, 4) is 0 Å².